The summed E-state index contributed by atoms with van der Waals surface area (Å²) in [6, 6.07) is 7.96. The Kier molecular flexibility index (Phi) is 3.25. The van der Waals surface area contributed by atoms with Gasteiger partial charge in [-0.05, 0) is 85.8 Å². The molecule has 4 aliphatic carbocycles. The van der Waals surface area contributed by atoms with Crippen LogP contribution in [0, 0.1) is 23.2 Å². The second-order valence-electron chi connectivity index (χ2n) is 7.91. The van der Waals surface area contributed by atoms with Crippen LogP contribution < -0.4 is 4.74 Å². The summed E-state index contributed by atoms with van der Waals surface area (Å²) in [7, 11) is 1.69. The third-order valence-corrected chi connectivity index (χ3v) is 6.27. The quantitative estimate of drug-likeness (QED) is 0.892. The topological polar surface area (TPSA) is 29.5 Å². The summed E-state index contributed by atoms with van der Waals surface area (Å²) in [6.45, 7) is 0. The van der Waals surface area contributed by atoms with Gasteiger partial charge < -0.3 is 9.84 Å². The zero-order chi connectivity index (χ0) is 14.4. The van der Waals surface area contributed by atoms with Gasteiger partial charge in [0, 0.05) is 0 Å². The molecule has 21 heavy (non-hydrogen) atoms. The van der Waals surface area contributed by atoms with Gasteiger partial charge in [0.1, 0.15) is 5.75 Å². The van der Waals surface area contributed by atoms with Crippen LogP contribution in [0.25, 0.3) is 0 Å². The van der Waals surface area contributed by atoms with Crippen molar-refractivity contribution in [3.63, 3.8) is 0 Å². The Morgan fingerprint density at radius 2 is 1.76 bits per heavy atom. The first kappa shape index (κ1) is 13.6. The smallest absolute Gasteiger partial charge is 0.119 e. The molecule has 1 aromatic carbocycles. The number of aliphatic hydroxyl groups excluding tert-OH is 1. The van der Waals surface area contributed by atoms with Crippen molar-refractivity contribution >= 4 is 0 Å². The zero-order valence-electron chi connectivity index (χ0n) is 12.9. The van der Waals surface area contributed by atoms with E-state index in [0.29, 0.717) is 5.41 Å². The van der Waals surface area contributed by atoms with Gasteiger partial charge in [0.25, 0.3) is 0 Å². The molecule has 1 aromatic rings. The average Bonchev–Trinajstić information content (AvgIpc) is 2.45. The molecule has 4 saturated carbocycles. The maximum absolute atomic E-state index is 10.7. The van der Waals surface area contributed by atoms with Crippen molar-refractivity contribution in [2.45, 2.75) is 51.0 Å². The predicted octanol–water partition coefficient (Wildman–Crippen LogP) is 4.34. The van der Waals surface area contributed by atoms with Crippen molar-refractivity contribution in [1.29, 1.82) is 0 Å². The number of methoxy groups -OCH3 is 1. The van der Waals surface area contributed by atoms with E-state index in [-0.39, 0.29) is 6.10 Å². The van der Waals surface area contributed by atoms with Crippen LogP contribution in [-0.2, 0) is 0 Å². The summed E-state index contributed by atoms with van der Waals surface area (Å²) in [5, 5.41) is 10.7. The number of ether oxygens (including phenoxy) is 1. The van der Waals surface area contributed by atoms with Crippen molar-refractivity contribution in [2.24, 2.45) is 23.2 Å². The molecule has 2 heteroatoms. The Labute approximate surface area is 127 Å². The average molecular weight is 286 g/mol. The highest BCUT2D eigenvalue weighted by Gasteiger charge is 2.51. The van der Waals surface area contributed by atoms with E-state index in [1.165, 1.54) is 38.5 Å². The molecule has 2 nitrogen and oxygen atoms in total. The van der Waals surface area contributed by atoms with Crippen LogP contribution >= 0.6 is 0 Å². The zero-order valence-corrected chi connectivity index (χ0v) is 12.9. The minimum absolute atomic E-state index is 0.337. The largest absolute Gasteiger partial charge is 0.497 e. The highest BCUT2D eigenvalue weighted by molar-refractivity contribution is 5.30. The lowest BCUT2D eigenvalue weighted by Crippen LogP contribution is -2.46. The minimum Gasteiger partial charge on any atom is -0.497 e. The number of hydrogen-bond donors (Lipinski definition) is 1. The van der Waals surface area contributed by atoms with E-state index in [9.17, 15) is 5.11 Å². The van der Waals surface area contributed by atoms with Crippen molar-refractivity contribution in [2.75, 3.05) is 7.11 Å². The highest BCUT2D eigenvalue weighted by Crippen LogP contribution is 2.62. The Morgan fingerprint density at radius 1 is 1.14 bits per heavy atom. The Balaban J connectivity index is 1.52. The van der Waals surface area contributed by atoms with Crippen LogP contribution in [0.1, 0.15) is 56.6 Å². The lowest BCUT2D eigenvalue weighted by Gasteiger charge is -2.57. The van der Waals surface area contributed by atoms with Crippen LogP contribution in [-0.4, -0.2) is 12.2 Å². The van der Waals surface area contributed by atoms with E-state index in [1.807, 2.05) is 24.3 Å². The van der Waals surface area contributed by atoms with Crippen LogP contribution in [0.3, 0.4) is 0 Å². The van der Waals surface area contributed by atoms with Crippen molar-refractivity contribution in [3.8, 4) is 5.75 Å². The van der Waals surface area contributed by atoms with Gasteiger partial charge in [0.2, 0.25) is 0 Å². The lowest BCUT2D eigenvalue weighted by molar-refractivity contribution is -0.0764. The first-order valence-corrected chi connectivity index (χ1v) is 8.48. The molecular weight excluding hydrogens is 260 g/mol. The molecule has 1 N–H and O–H groups in total. The highest BCUT2D eigenvalue weighted by atomic mass is 16.5. The summed E-state index contributed by atoms with van der Waals surface area (Å²) in [4.78, 5) is 0. The third-order valence-electron chi connectivity index (χ3n) is 6.27. The maximum Gasteiger partial charge on any atom is 0.119 e. The van der Waals surface area contributed by atoms with E-state index in [0.717, 1.165) is 35.5 Å². The van der Waals surface area contributed by atoms with Crippen molar-refractivity contribution in [3.05, 3.63) is 29.8 Å². The SMILES string of the molecule is COc1cccc(C(O)CC23CC4CC(CC(C4)C2)C3)c1. The molecule has 0 radical (unpaired) electrons. The van der Waals surface area contributed by atoms with Gasteiger partial charge in [0.05, 0.1) is 13.2 Å². The molecule has 4 fully saturated rings. The Hall–Kier alpha value is -1.02. The summed E-state index contributed by atoms with van der Waals surface area (Å²) >= 11 is 0. The summed E-state index contributed by atoms with van der Waals surface area (Å²) in [5.74, 6) is 3.70. The molecule has 4 aliphatic rings. The van der Waals surface area contributed by atoms with Gasteiger partial charge in [-0.1, -0.05) is 12.1 Å². The van der Waals surface area contributed by atoms with E-state index < -0.39 is 0 Å². The summed E-state index contributed by atoms with van der Waals surface area (Å²) in [5.41, 5.74) is 1.45. The Morgan fingerprint density at radius 3 is 2.33 bits per heavy atom. The second kappa shape index (κ2) is 5.01. The molecule has 5 rings (SSSR count). The van der Waals surface area contributed by atoms with Gasteiger partial charge in [-0.2, -0.15) is 0 Å². The monoisotopic (exact) mass is 286 g/mol. The Bertz CT molecular complexity index is 487. The van der Waals surface area contributed by atoms with Gasteiger partial charge in [-0.25, -0.2) is 0 Å². The summed E-state index contributed by atoms with van der Waals surface area (Å²) in [6.07, 6.45) is 9.10. The number of aliphatic hydroxyl groups is 1. The minimum atomic E-state index is -0.337. The molecule has 0 amide bonds. The molecule has 1 unspecified atom stereocenters. The van der Waals surface area contributed by atoms with Crippen molar-refractivity contribution in [1.82, 2.24) is 0 Å². The molecule has 0 heterocycles. The van der Waals surface area contributed by atoms with E-state index >= 15 is 0 Å². The fourth-order valence-corrected chi connectivity index (χ4v) is 5.92. The number of hydrogen-bond acceptors (Lipinski definition) is 2. The van der Waals surface area contributed by atoms with E-state index in [2.05, 4.69) is 0 Å². The van der Waals surface area contributed by atoms with Gasteiger partial charge in [-0.15, -0.1) is 0 Å². The molecule has 0 saturated heterocycles. The van der Waals surface area contributed by atoms with Crippen LogP contribution in [0.4, 0.5) is 0 Å². The first-order chi connectivity index (χ1) is 10.2. The van der Waals surface area contributed by atoms with Gasteiger partial charge in [-0.3, -0.25) is 0 Å². The van der Waals surface area contributed by atoms with Crippen molar-refractivity contribution < 1.29 is 9.84 Å². The molecule has 0 aliphatic heterocycles. The number of benzene rings is 1. The molecule has 0 aromatic heterocycles. The normalized spacial score (nSPS) is 38.5. The maximum atomic E-state index is 10.7. The van der Waals surface area contributed by atoms with Gasteiger partial charge in [0.15, 0.2) is 0 Å². The fourth-order valence-electron chi connectivity index (χ4n) is 5.92. The third kappa shape index (κ3) is 2.48. The van der Waals surface area contributed by atoms with Gasteiger partial charge >= 0.3 is 0 Å². The standard InChI is InChI=1S/C19H26O2/c1-21-17-4-2-3-16(8-17)18(20)12-19-9-13-5-14(10-19)7-15(6-13)11-19/h2-4,8,13-15,18,20H,5-7,9-12H2,1H3. The number of rotatable bonds is 4. The second-order valence-corrected chi connectivity index (χ2v) is 7.91. The van der Waals surface area contributed by atoms with E-state index in [4.69, 9.17) is 4.74 Å². The fraction of sp³-hybridized carbons (Fsp3) is 0.684. The van der Waals surface area contributed by atoms with Crippen LogP contribution in [0.2, 0.25) is 0 Å². The first-order valence-electron chi connectivity index (χ1n) is 8.48. The van der Waals surface area contributed by atoms with E-state index in [1.54, 1.807) is 7.11 Å². The molecule has 114 valence electrons. The molecule has 0 spiro atoms. The predicted molar refractivity (Wildman–Crippen MR) is 83.2 cm³/mol. The molecule has 1 atom stereocenters. The van der Waals surface area contributed by atoms with Crippen LogP contribution in [0.5, 0.6) is 5.75 Å². The van der Waals surface area contributed by atoms with Crippen LogP contribution in [0.15, 0.2) is 24.3 Å². The summed E-state index contributed by atoms with van der Waals surface area (Å²) < 4.78 is 5.29. The molecule has 4 bridgehead atoms. The lowest BCUT2D eigenvalue weighted by atomic mass is 9.48. The molecular formula is C19H26O2.